The van der Waals surface area contributed by atoms with E-state index < -0.39 is 12.6 Å². The number of aliphatic imine (C=N–C) groups is 1. The van der Waals surface area contributed by atoms with Gasteiger partial charge in [-0.15, -0.1) is 0 Å². The first-order valence-electron chi connectivity index (χ1n) is 8.80. The Morgan fingerprint density at radius 2 is 1.76 bits per heavy atom. The summed E-state index contributed by atoms with van der Waals surface area (Å²) < 4.78 is 5.46. The number of aliphatic carboxylic acids is 1. The Bertz CT molecular complexity index is 1160. The number of carboxylic acid groups (broad SMARTS) is 1. The van der Waals surface area contributed by atoms with Gasteiger partial charge < -0.3 is 15.2 Å². The molecule has 3 aromatic carbocycles. The number of benzene rings is 3. The molecule has 29 heavy (non-hydrogen) atoms. The van der Waals surface area contributed by atoms with Crippen LogP contribution in [-0.4, -0.2) is 28.8 Å². The number of hydrogen-bond acceptors (Lipinski definition) is 5. The Morgan fingerprint density at radius 3 is 2.48 bits per heavy atom. The molecule has 6 nitrogen and oxygen atoms in total. The summed E-state index contributed by atoms with van der Waals surface area (Å²) in [6, 6.07) is 20.7. The van der Waals surface area contributed by atoms with Crippen molar-refractivity contribution in [2.45, 2.75) is 0 Å². The smallest absolute Gasteiger partial charge is 0.341 e. The summed E-state index contributed by atoms with van der Waals surface area (Å²) in [6.45, 7) is -0.464. The number of nitrogens with zero attached hydrogens (tertiary/aromatic N) is 1. The highest BCUT2D eigenvalue weighted by molar-refractivity contribution is 8.18. The van der Waals surface area contributed by atoms with Crippen molar-refractivity contribution in [2.75, 3.05) is 6.61 Å². The normalized spacial score (nSPS) is 16.3. The number of hydrogen-bond donors (Lipinski definition) is 2. The summed E-state index contributed by atoms with van der Waals surface area (Å²) in [6.07, 6.45) is 1.69. The van der Waals surface area contributed by atoms with Crippen LogP contribution < -0.4 is 10.1 Å². The van der Waals surface area contributed by atoms with Crippen LogP contribution in [0.4, 0.5) is 5.69 Å². The molecule has 0 unspecified atom stereocenters. The van der Waals surface area contributed by atoms with Crippen molar-refractivity contribution in [3.63, 3.8) is 0 Å². The van der Waals surface area contributed by atoms with Crippen molar-refractivity contribution in [2.24, 2.45) is 4.99 Å². The van der Waals surface area contributed by atoms with Crippen molar-refractivity contribution < 1.29 is 19.4 Å². The van der Waals surface area contributed by atoms with Gasteiger partial charge in [-0.25, -0.2) is 9.79 Å². The molecule has 1 aliphatic heterocycles. The minimum atomic E-state index is -1.07. The van der Waals surface area contributed by atoms with Crippen molar-refractivity contribution in [3.8, 4) is 5.75 Å². The monoisotopic (exact) mass is 404 g/mol. The maximum Gasteiger partial charge on any atom is 0.341 e. The van der Waals surface area contributed by atoms with Gasteiger partial charge in [0, 0.05) is 5.56 Å². The van der Waals surface area contributed by atoms with Gasteiger partial charge in [-0.05, 0) is 52.9 Å². The molecule has 1 saturated heterocycles. The maximum atomic E-state index is 12.4. The molecule has 0 aromatic heterocycles. The molecule has 7 heteroatoms. The van der Waals surface area contributed by atoms with E-state index in [1.165, 1.54) is 11.8 Å². The van der Waals surface area contributed by atoms with Crippen LogP contribution in [-0.2, 0) is 9.59 Å². The molecule has 4 rings (SSSR count). The third kappa shape index (κ3) is 4.47. The first-order chi connectivity index (χ1) is 14.1. The zero-order valence-electron chi connectivity index (χ0n) is 15.2. The number of carbonyl (C=O) groups excluding carboxylic acids is 1. The number of para-hydroxylation sites is 1. The number of amides is 1. The lowest BCUT2D eigenvalue weighted by molar-refractivity contribution is -0.139. The van der Waals surface area contributed by atoms with E-state index in [2.05, 4.69) is 10.3 Å². The SMILES string of the molecule is O=C(O)COc1cc2ccccc2cc1C=C1SC(=Nc2ccccc2)NC1=O. The molecule has 0 saturated carbocycles. The summed E-state index contributed by atoms with van der Waals surface area (Å²) in [5.74, 6) is -0.926. The highest BCUT2D eigenvalue weighted by Gasteiger charge is 2.24. The van der Waals surface area contributed by atoms with Gasteiger partial charge in [0.05, 0.1) is 10.6 Å². The first-order valence-corrected chi connectivity index (χ1v) is 9.62. The number of fused-ring (bicyclic) bond motifs is 1. The summed E-state index contributed by atoms with van der Waals surface area (Å²) in [5.41, 5.74) is 1.37. The number of carboxylic acids is 1. The highest BCUT2D eigenvalue weighted by Crippen LogP contribution is 2.33. The number of carbonyl (C=O) groups is 2. The molecule has 0 radical (unpaired) electrons. The van der Waals surface area contributed by atoms with Crippen LogP contribution in [0.5, 0.6) is 5.75 Å². The molecule has 0 bridgehead atoms. The Morgan fingerprint density at radius 1 is 1.07 bits per heavy atom. The van der Waals surface area contributed by atoms with Crippen molar-refractivity contribution in [3.05, 3.63) is 77.2 Å². The van der Waals surface area contributed by atoms with Gasteiger partial charge in [0.15, 0.2) is 11.8 Å². The molecular weight excluding hydrogens is 388 g/mol. The summed E-state index contributed by atoms with van der Waals surface area (Å²) in [5, 5.41) is 14.1. The highest BCUT2D eigenvalue weighted by atomic mass is 32.2. The molecule has 0 atom stereocenters. The number of amidine groups is 1. The van der Waals surface area contributed by atoms with E-state index in [-0.39, 0.29) is 5.91 Å². The fourth-order valence-corrected chi connectivity index (χ4v) is 3.69. The predicted molar refractivity (Wildman–Crippen MR) is 114 cm³/mol. The third-order valence-corrected chi connectivity index (χ3v) is 5.06. The topological polar surface area (TPSA) is 88.0 Å². The zero-order chi connectivity index (χ0) is 20.2. The Kier molecular flexibility index (Phi) is 5.31. The lowest BCUT2D eigenvalue weighted by Crippen LogP contribution is -2.19. The number of nitrogens with one attached hydrogen (secondary N) is 1. The van der Waals surface area contributed by atoms with E-state index >= 15 is 0 Å². The average molecular weight is 404 g/mol. The molecule has 2 N–H and O–H groups in total. The lowest BCUT2D eigenvalue weighted by Gasteiger charge is -2.10. The van der Waals surface area contributed by atoms with Gasteiger partial charge in [-0.1, -0.05) is 42.5 Å². The van der Waals surface area contributed by atoms with E-state index in [0.29, 0.717) is 21.4 Å². The van der Waals surface area contributed by atoms with Crippen LogP contribution in [0.3, 0.4) is 0 Å². The van der Waals surface area contributed by atoms with Crippen LogP contribution in [0, 0.1) is 0 Å². The molecule has 3 aromatic rings. The van der Waals surface area contributed by atoms with Gasteiger partial charge in [-0.3, -0.25) is 4.79 Å². The summed E-state index contributed by atoms with van der Waals surface area (Å²) >= 11 is 1.23. The van der Waals surface area contributed by atoms with E-state index in [1.807, 2.05) is 60.7 Å². The second-order valence-electron chi connectivity index (χ2n) is 6.24. The van der Waals surface area contributed by atoms with Gasteiger partial charge in [0.1, 0.15) is 5.75 Å². The molecule has 1 fully saturated rings. The molecular formula is C22H16N2O4S. The predicted octanol–water partition coefficient (Wildman–Crippen LogP) is 4.19. The Balaban J connectivity index is 1.69. The van der Waals surface area contributed by atoms with E-state index in [4.69, 9.17) is 9.84 Å². The number of rotatable bonds is 5. The van der Waals surface area contributed by atoms with Crippen molar-refractivity contribution in [1.82, 2.24) is 5.32 Å². The average Bonchev–Trinajstić information content (AvgIpc) is 3.05. The van der Waals surface area contributed by atoms with Gasteiger partial charge >= 0.3 is 5.97 Å². The first kappa shape index (κ1) is 18.8. The second-order valence-corrected chi connectivity index (χ2v) is 7.27. The summed E-state index contributed by atoms with van der Waals surface area (Å²) in [7, 11) is 0. The zero-order valence-corrected chi connectivity index (χ0v) is 16.0. The molecule has 1 aliphatic rings. The molecule has 0 spiro atoms. The van der Waals surface area contributed by atoms with Crippen molar-refractivity contribution in [1.29, 1.82) is 0 Å². The Hall–Kier alpha value is -3.58. The van der Waals surface area contributed by atoms with Crippen LogP contribution in [0.2, 0.25) is 0 Å². The minimum Gasteiger partial charge on any atom is -0.481 e. The number of ether oxygens (including phenoxy) is 1. The number of thioether (sulfide) groups is 1. The minimum absolute atomic E-state index is 0.262. The third-order valence-electron chi connectivity index (χ3n) is 4.15. The van der Waals surface area contributed by atoms with Gasteiger partial charge in [-0.2, -0.15) is 0 Å². The molecule has 0 aliphatic carbocycles. The van der Waals surface area contributed by atoms with Gasteiger partial charge in [0.2, 0.25) is 0 Å². The Labute approximate surface area is 170 Å². The molecule has 1 heterocycles. The van der Waals surface area contributed by atoms with Crippen molar-refractivity contribution >= 4 is 51.3 Å². The van der Waals surface area contributed by atoms with Crippen LogP contribution >= 0.6 is 11.8 Å². The lowest BCUT2D eigenvalue weighted by atomic mass is 10.1. The fraction of sp³-hybridized carbons (Fsp3) is 0.0455. The van der Waals surface area contributed by atoms with Gasteiger partial charge in [0.25, 0.3) is 5.91 Å². The fourth-order valence-electron chi connectivity index (χ4n) is 2.86. The van der Waals surface area contributed by atoms with E-state index in [9.17, 15) is 9.59 Å². The maximum absolute atomic E-state index is 12.4. The van der Waals surface area contributed by atoms with E-state index in [1.54, 1.807) is 12.1 Å². The van der Waals surface area contributed by atoms with Crippen LogP contribution in [0.15, 0.2) is 76.6 Å². The quantitative estimate of drug-likeness (QED) is 0.623. The largest absolute Gasteiger partial charge is 0.481 e. The van der Waals surface area contributed by atoms with E-state index in [0.717, 1.165) is 16.5 Å². The van der Waals surface area contributed by atoms with Crippen LogP contribution in [0.25, 0.3) is 16.8 Å². The standard InChI is InChI=1S/C22H16N2O4S/c25-20(26)13-28-18-11-15-7-5-4-6-14(15)10-16(18)12-19-21(27)24-22(29-19)23-17-8-2-1-3-9-17/h1-12H,13H2,(H,25,26)(H,23,24,27). The second kappa shape index (κ2) is 8.20. The van der Waals surface area contributed by atoms with Crippen LogP contribution in [0.1, 0.15) is 5.56 Å². The molecule has 1 amide bonds. The summed E-state index contributed by atoms with van der Waals surface area (Å²) in [4.78, 5) is 28.2. The molecule has 144 valence electrons.